The van der Waals surface area contributed by atoms with Crippen molar-refractivity contribution in [2.45, 2.75) is 26.2 Å². The van der Waals surface area contributed by atoms with E-state index >= 15 is 0 Å². The van der Waals surface area contributed by atoms with Gasteiger partial charge in [0.25, 0.3) is 0 Å². The first-order chi connectivity index (χ1) is 11.5. The Morgan fingerprint density at radius 3 is 2.46 bits per heavy atom. The molecule has 1 rings (SSSR count). The van der Waals surface area contributed by atoms with Crippen LogP contribution in [0.1, 0.15) is 26.3 Å². The number of aliphatic imine (C=N–C) groups is 1. The minimum atomic E-state index is -0.110. The molecule has 6 heteroatoms. The lowest BCUT2D eigenvalue weighted by atomic mass is 9.84. The SMILES string of the molecule is CCNC(=NCC(C)(C)c1ccc(OC)c(OC)c1)NCCSC. The van der Waals surface area contributed by atoms with Crippen molar-refractivity contribution in [2.75, 3.05) is 45.9 Å². The minimum Gasteiger partial charge on any atom is -0.493 e. The molecule has 136 valence electrons. The van der Waals surface area contributed by atoms with Gasteiger partial charge in [0.1, 0.15) is 0 Å². The van der Waals surface area contributed by atoms with Crippen LogP contribution in [-0.4, -0.2) is 51.8 Å². The average molecular weight is 354 g/mol. The van der Waals surface area contributed by atoms with E-state index in [0.717, 1.165) is 36.3 Å². The fourth-order valence-electron chi connectivity index (χ4n) is 2.24. The van der Waals surface area contributed by atoms with Gasteiger partial charge in [-0.3, -0.25) is 4.99 Å². The zero-order chi connectivity index (χ0) is 18.0. The van der Waals surface area contributed by atoms with Gasteiger partial charge in [-0.05, 0) is 30.9 Å². The molecule has 0 spiro atoms. The van der Waals surface area contributed by atoms with Crippen LogP contribution in [0.15, 0.2) is 23.2 Å². The molecule has 0 unspecified atom stereocenters. The van der Waals surface area contributed by atoms with Crippen LogP contribution in [0.3, 0.4) is 0 Å². The molecule has 0 atom stereocenters. The predicted molar refractivity (Wildman–Crippen MR) is 105 cm³/mol. The van der Waals surface area contributed by atoms with Crippen molar-refractivity contribution in [3.63, 3.8) is 0 Å². The van der Waals surface area contributed by atoms with Crippen molar-refractivity contribution < 1.29 is 9.47 Å². The van der Waals surface area contributed by atoms with Crippen LogP contribution in [0.2, 0.25) is 0 Å². The molecule has 0 aliphatic rings. The highest BCUT2D eigenvalue weighted by atomic mass is 32.2. The lowest BCUT2D eigenvalue weighted by molar-refractivity contribution is 0.353. The van der Waals surface area contributed by atoms with Crippen molar-refractivity contribution in [3.05, 3.63) is 23.8 Å². The van der Waals surface area contributed by atoms with E-state index in [-0.39, 0.29) is 5.41 Å². The maximum Gasteiger partial charge on any atom is 0.191 e. The molecule has 0 saturated heterocycles. The van der Waals surface area contributed by atoms with Crippen LogP contribution in [0.4, 0.5) is 0 Å². The van der Waals surface area contributed by atoms with Gasteiger partial charge in [-0.15, -0.1) is 0 Å². The van der Waals surface area contributed by atoms with Crippen LogP contribution in [0.5, 0.6) is 11.5 Å². The normalized spacial score (nSPS) is 12.0. The summed E-state index contributed by atoms with van der Waals surface area (Å²) in [5.41, 5.74) is 1.06. The number of guanidine groups is 1. The van der Waals surface area contributed by atoms with Crippen LogP contribution in [0.25, 0.3) is 0 Å². The number of thioether (sulfide) groups is 1. The Labute approximate surface area is 150 Å². The molecule has 1 aromatic carbocycles. The van der Waals surface area contributed by atoms with Gasteiger partial charge < -0.3 is 20.1 Å². The number of ether oxygens (including phenoxy) is 2. The van der Waals surface area contributed by atoms with Gasteiger partial charge in [0.2, 0.25) is 0 Å². The summed E-state index contributed by atoms with van der Waals surface area (Å²) in [6, 6.07) is 6.05. The smallest absolute Gasteiger partial charge is 0.191 e. The number of hydrogen-bond acceptors (Lipinski definition) is 4. The van der Waals surface area contributed by atoms with Gasteiger partial charge in [-0.25, -0.2) is 0 Å². The van der Waals surface area contributed by atoms with Crippen molar-refractivity contribution in [1.29, 1.82) is 0 Å². The van der Waals surface area contributed by atoms with Crippen molar-refractivity contribution >= 4 is 17.7 Å². The topological polar surface area (TPSA) is 54.9 Å². The summed E-state index contributed by atoms with van der Waals surface area (Å²) in [7, 11) is 3.31. The molecule has 0 bridgehead atoms. The zero-order valence-corrected chi connectivity index (χ0v) is 16.5. The third kappa shape index (κ3) is 6.15. The monoisotopic (exact) mass is 353 g/mol. The van der Waals surface area contributed by atoms with Crippen LogP contribution < -0.4 is 20.1 Å². The highest BCUT2D eigenvalue weighted by molar-refractivity contribution is 7.98. The summed E-state index contributed by atoms with van der Waals surface area (Å²) in [6.45, 7) is 8.88. The second-order valence-corrected chi connectivity index (χ2v) is 7.05. The van der Waals surface area contributed by atoms with Crippen molar-refractivity contribution in [3.8, 4) is 11.5 Å². The fraction of sp³-hybridized carbons (Fsp3) is 0.611. The third-order valence-corrected chi connectivity index (χ3v) is 4.35. The molecule has 2 N–H and O–H groups in total. The number of benzene rings is 1. The van der Waals surface area contributed by atoms with E-state index in [1.165, 1.54) is 5.56 Å². The Balaban J connectivity index is 2.87. The van der Waals surface area contributed by atoms with E-state index in [0.29, 0.717) is 6.54 Å². The predicted octanol–water partition coefficient (Wildman–Crippen LogP) is 2.90. The third-order valence-electron chi connectivity index (χ3n) is 3.74. The highest BCUT2D eigenvalue weighted by Gasteiger charge is 2.22. The zero-order valence-electron chi connectivity index (χ0n) is 15.7. The van der Waals surface area contributed by atoms with E-state index in [9.17, 15) is 0 Å². The summed E-state index contributed by atoms with van der Waals surface area (Å²) < 4.78 is 10.7. The number of methoxy groups -OCH3 is 2. The maximum absolute atomic E-state index is 5.41. The second-order valence-electron chi connectivity index (χ2n) is 6.07. The summed E-state index contributed by atoms with van der Waals surface area (Å²) >= 11 is 1.82. The Bertz CT molecular complexity index is 533. The van der Waals surface area contributed by atoms with E-state index in [4.69, 9.17) is 14.5 Å². The molecule has 0 aromatic heterocycles. The van der Waals surface area contributed by atoms with Crippen LogP contribution >= 0.6 is 11.8 Å². The molecule has 0 saturated carbocycles. The molecule has 0 amide bonds. The largest absolute Gasteiger partial charge is 0.493 e. The quantitative estimate of drug-likeness (QED) is 0.406. The van der Waals surface area contributed by atoms with Gasteiger partial charge in [-0.2, -0.15) is 11.8 Å². The molecular weight excluding hydrogens is 322 g/mol. The van der Waals surface area contributed by atoms with Gasteiger partial charge in [0.15, 0.2) is 17.5 Å². The van der Waals surface area contributed by atoms with Crippen molar-refractivity contribution in [2.24, 2.45) is 4.99 Å². The summed E-state index contributed by atoms with van der Waals surface area (Å²) in [4.78, 5) is 4.74. The van der Waals surface area contributed by atoms with E-state index in [1.807, 2.05) is 23.9 Å². The molecule has 0 radical (unpaired) electrons. The van der Waals surface area contributed by atoms with E-state index in [1.54, 1.807) is 14.2 Å². The Kier molecular flexibility index (Phi) is 8.82. The van der Waals surface area contributed by atoms with Gasteiger partial charge in [-0.1, -0.05) is 19.9 Å². The van der Waals surface area contributed by atoms with Gasteiger partial charge >= 0.3 is 0 Å². The van der Waals surface area contributed by atoms with Crippen LogP contribution in [0, 0.1) is 0 Å². The maximum atomic E-state index is 5.41. The van der Waals surface area contributed by atoms with E-state index < -0.39 is 0 Å². The standard InChI is InChI=1S/C18H31N3O2S/c1-7-19-17(20-10-11-24-6)21-13-18(2,3)14-8-9-15(22-4)16(12-14)23-5/h8-9,12H,7,10-11,13H2,1-6H3,(H2,19,20,21). The molecule has 5 nitrogen and oxygen atoms in total. The van der Waals surface area contributed by atoms with E-state index in [2.05, 4.69) is 43.7 Å². The number of nitrogens with one attached hydrogen (secondary N) is 2. The lowest BCUT2D eigenvalue weighted by Crippen LogP contribution is -2.39. The Hall–Kier alpha value is -1.56. The second kappa shape index (κ2) is 10.3. The molecule has 1 aromatic rings. The van der Waals surface area contributed by atoms with Gasteiger partial charge in [0.05, 0.1) is 20.8 Å². The summed E-state index contributed by atoms with van der Waals surface area (Å²) in [5.74, 6) is 3.41. The number of nitrogens with zero attached hydrogens (tertiary/aromatic N) is 1. The molecule has 0 aliphatic carbocycles. The Morgan fingerprint density at radius 1 is 1.17 bits per heavy atom. The minimum absolute atomic E-state index is 0.110. The van der Waals surface area contributed by atoms with Gasteiger partial charge in [0, 0.05) is 24.3 Å². The molecule has 24 heavy (non-hydrogen) atoms. The Morgan fingerprint density at radius 2 is 1.88 bits per heavy atom. The lowest BCUT2D eigenvalue weighted by Gasteiger charge is -2.25. The van der Waals surface area contributed by atoms with Crippen molar-refractivity contribution in [1.82, 2.24) is 10.6 Å². The number of hydrogen-bond donors (Lipinski definition) is 2. The first-order valence-electron chi connectivity index (χ1n) is 8.22. The fourth-order valence-corrected chi connectivity index (χ4v) is 2.54. The summed E-state index contributed by atoms with van der Waals surface area (Å²) in [5, 5.41) is 6.65. The van der Waals surface area contributed by atoms with Crippen LogP contribution in [-0.2, 0) is 5.41 Å². The first kappa shape index (κ1) is 20.5. The average Bonchev–Trinajstić information content (AvgIpc) is 2.59. The first-order valence-corrected chi connectivity index (χ1v) is 9.61. The highest BCUT2D eigenvalue weighted by Crippen LogP contribution is 2.33. The molecule has 0 heterocycles. The number of rotatable bonds is 9. The summed E-state index contributed by atoms with van der Waals surface area (Å²) in [6.07, 6.45) is 2.10. The molecular formula is C18H31N3O2S. The molecule has 0 aliphatic heterocycles. The molecule has 0 fully saturated rings.